The second kappa shape index (κ2) is 7.66. The molecule has 0 aromatic carbocycles. The number of nitrogens with one attached hydrogen (secondary N) is 1. The third-order valence-corrected chi connectivity index (χ3v) is 6.49. The number of hydrogen-bond acceptors (Lipinski definition) is 7. The van der Waals surface area contributed by atoms with Gasteiger partial charge >= 0.3 is 0 Å². The Labute approximate surface area is 162 Å². The highest BCUT2D eigenvalue weighted by Crippen LogP contribution is 2.42. The van der Waals surface area contributed by atoms with Crippen molar-refractivity contribution in [3.05, 3.63) is 16.8 Å². The Morgan fingerprint density at radius 2 is 2.04 bits per heavy atom. The highest BCUT2D eigenvalue weighted by Gasteiger charge is 2.24. The van der Waals surface area contributed by atoms with Crippen LogP contribution in [-0.4, -0.2) is 41.5 Å². The number of thioether (sulfide) groups is 1. The van der Waals surface area contributed by atoms with E-state index in [1.165, 1.54) is 28.6 Å². The van der Waals surface area contributed by atoms with Gasteiger partial charge in [-0.1, -0.05) is 25.1 Å². The summed E-state index contributed by atoms with van der Waals surface area (Å²) in [5, 5.41) is 5.50. The van der Waals surface area contributed by atoms with Gasteiger partial charge in [-0.25, -0.2) is 15.0 Å². The number of anilines is 1. The van der Waals surface area contributed by atoms with Crippen molar-refractivity contribution in [2.45, 2.75) is 44.2 Å². The first kappa shape index (κ1) is 17.9. The average Bonchev–Trinajstić information content (AvgIpc) is 3.26. The van der Waals surface area contributed by atoms with Gasteiger partial charge in [0.05, 0.1) is 16.8 Å². The molecule has 0 amide bonds. The Hall–Kier alpha value is -1.44. The van der Waals surface area contributed by atoms with Crippen molar-refractivity contribution in [1.29, 1.82) is 0 Å². The van der Waals surface area contributed by atoms with E-state index in [9.17, 15) is 0 Å². The van der Waals surface area contributed by atoms with Gasteiger partial charge in [-0.3, -0.25) is 0 Å². The number of pyridine rings is 1. The summed E-state index contributed by atoms with van der Waals surface area (Å²) in [6.07, 6.45) is 7.75. The van der Waals surface area contributed by atoms with Crippen LogP contribution >= 0.6 is 23.1 Å². The van der Waals surface area contributed by atoms with Gasteiger partial charge in [-0.05, 0) is 43.1 Å². The van der Waals surface area contributed by atoms with Gasteiger partial charge in [0.1, 0.15) is 10.6 Å². The number of hydrogen-bond donors (Lipinski definition) is 1. The molecule has 0 atom stereocenters. The Kier molecular flexibility index (Phi) is 5.29. The van der Waals surface area contributed by atoms with Crippen molar-refractivity contribution in [2.24, 2.45) is 0 Å². The normalized spacial score (nSPS) is 13.7. The van der Waals surface area contributed by atoms with Crippen LogP contribution in [0.3, 0.4) is 0 Å². The lowest BCUT2D eigenvalue weighted by atomic mass is 10.0. The first-order valence-electron chi connectivity index (χ1n) is 9.18. The van der Waals surface area contributed by atoms with E-state index in [1.807, 2.05) is 6.26 Å². The predicted molar refractivity (Wildman–Crippen MR) is 111 cm³/mol. The molecular formula is C19H24N4OS2. The van der Waals surface area contributed by atoms with E-state index >= 15 is 0 Å². The monoisotopic (exact) mass is 388 g/mol. The van der Waals surface area contributed by atoms with Gasteiger partial charge in [0.2, 0.25) is 0 Å². The Morgan fingerprint density at radius 1 is 1.19 bits per heavy atom. The van der Waals surface area contributed by atoms with Crippen molar-refractivity contribution in [3.8, 4) is 0 Å². The number of aryl methyl sites for hydroxylation is 2. The summed E-state index contributed by atoms with van der Waals surface area (Å²) >= 11 is 3.31. The Bertz CT molecular complexity index is 954. The second-order valence-corrected chi connectivity index (χ2v) is 8.33. The van der Waals surface area contributed by atoms with E-state index in [0.717, 1.165) is 58.2 Å². The van der Waals surface area contributed by atoms with Crippen molar-refractivity contribution in [1.82, 2.24) is 15.0 Å². The van der Waals surface area contributed by atoms with Crippen LogP contribution in [0.5, 0.6) is 0 Å². The minimum absolute atomic E-state index is 0.652. The minimum Gasteiger partial charge on any atom is -0.383 e. The van der Waals surface area contributed by atoms with Crippen LogP contribution in [0.2, 0.25) is 0 Å². The van der Waals surface area contributed by atoms with Crippen LogP contribution in [0.25, 0.3) is 20.4 Å². The van der Waals surface area contributed by atoms with Crippen molar-refractivity contribution < 1.29 is 4.74 Å². The zero-order chi connectivity index (χ0) is 18.1. The first-order valence-corrected chi connectivity index (χ1v) is 11.2. The molecule has 26 heavy (non-hydrogen) atoms. The van der Waals surface area contributed by atoms with Crippen LogP contribution in [0.4, 0.5) is 5.82 Å². The molecule has 138 valence electrons. The fourth-order valence-corrected chi connectivity index (χ4v) is 5.25. The molecule has 1 aliphatic rings. The lowest BCUT2D eigenvalue weighted by Gasteiger charge is -2.09. The molecule has 0 bridgehead atoms. The molecule has 4 rings (SSSR count). The molecule has 0 saturated carbocycles. The van der Waals surface area contributed by atoms with Gasteiger partial charge in [-0.2, -0.15) is 0 Å². The molecule has 7 heteroatoms. The van der Waals surface area contributed by atoms with E-state index in [2.05, 4.69) is 12.2 Å². The Balaban J connectivity index is 1.95. The number of rotatable bonds is 7. The third-order valence-electron chi connectivity index (χ3n) is 4.87. The van der Waals surface area contributed by atoms with E-state index in [0.29, 0.717) is 6.61 Å². The lowest BCUT2D eigenvalue weighted by Crippen LogP contribution is -2.09. The highest BCUT2D eigenvalue weighted by molar-refractivity contribution is 7.98. The number of aromatic nitrogens is 3. The maximum atomic E-state index is 5.17. The summed E-state index contributed by atoms with van der Waals surface area (Å²) in [7, 11) is 1.71. The summed E-state index contributed by atoms with van der Waals surface area (Å²) in [6, 6.07) is 0. The van der Waals surface area contributed by atoms with Crippen molar-refractivity contribution >= 4 is 49.3 Å². The quantitative estimate of drug-likeness (QED) is 0.366. The predicted octanol–water partition coefficient (Wildman–Crippen LogP) is 4.46. The summed E-state index contributed by atoms with van der Waals surface area (Å²) < 4.78 is 6.29. The average molecular weight is 389 g/mol. The molecule has 5 nitrogen and oxygen atoms in total. The standard InChI is InChI=1S/C19H24N4OS2/c1-4-6-13-11-7-5-8-12(11)14-15-16(26-18(14)21-13)17(20-9-10-24-2)23-19(22-15)25-3/h4-10H2,1-3H3,(H,20,22,23). The smallest absolute Gasteiger partial charge is 0.189 e. The molecule has 0 aliphatic heterocycles. The highest BCUT2D eigenvalue weighted by atomic mass is 32.2. The van der Waals surface area contributed by atoms with Crippen LogP contribution < -0.4 is 5.32 Å². The van der Waals surface area contributed by atoms with Crippen LogP contribution in [0.15, 0.2) is 5.16 Å². The van der Waals surface area contributed by atoms with Gasteiger partial charge in [0, 0.05) is 24.7 Å². The van der Waals surface area contributed by atoms with Gasteiger partial charge in [0.15, 0.2) is 5.16 Å². The van der Waals surface area contributed by atoms with E-state index in [4.69, 9.17) is 19.7 Å². The lowest BCUT2D eigenvalue weighted by molar-refractivity contribution is 0.210. The number of nitrogens with zero attached hydrogens (tertiary/aromatic N) is 3. The first-order chi connectivity index (χ1) is 12.8. The molecule has 0 saturated heterocycles. The maximum absolute atomic E-state index is 5.17. The molecule has 3 aromatic heterocycles. The maximum Gasteiger partial charge on any atom is 0.189 e. The van der Waals surface area contributed by atoms with Gasteiger partial charge in [-0.15, -0.1) is 11.3 Å². The molecule has 0 unspecified atom stereocenters. The Morgan fingerprint density at radius 3 is 2.81 bits per heavy atom. The third kappa shape index (κ3) is 3.06. The molecule has 3 aromatic rings. The van der Waals surface area contributed by atoms with Crippen LogP contribution in [0.1, 0.15) is 36.6 Å². The van der Waals surface area contributed by atoms with E-state index in [-0.39, 0.29) is 0 Å². The molecule has 1 aliphatic carbocycles. The fraction of sp³-hybridized carbons (Fsp3) is 0.526. The molecule has 0 radical (unpaired) electrons. The van der Waals surface area contributed by atoms with Gasteiger partial charge < -0.3 is 10.1 Å². The van der Waals surface area contributed by atoms with Crippen molar-refractivity contribution in [2.75, 3.05) is 31.8 Å². The fourth-order valence-electron chi connectivity index (χ4n) is 3.75. The van der Waals surface area contributed by atoms with Gasteiger partial charge in [0.25, 0.3) is 0 Å². The molecular weight excluding hydrogens is 364 g/mol. The topological polar surface area (TPSA) is 59.9 Å². The summed E-state index contributed by atoms with van der Waals surface area (Å²) in [4.78, 5) is 15.8. The molecule has 0 spiro atoms. The van der Waals surface area contributed by atoms with Crippen molar-refractivity contribution in [3.63, 3.8) is 0 Å². The summed E-state index contributed by atoms with van der Waals surface area (Å²) in [6.45, 7) is 3.61. The zero-order valence-electron chi connectivity index (χ0n) is 15.5. The number of ether oxygens (including phenoxy) is 1. The number of methoxy groups -OCH3 is 1. The minimum atomic E-state index is 0.652. The number of fused-ring (bicyclic) bond motifs is 5. The largest absolute Gasteiger partial charge is 0.383 e. The molecule has 1 N–H and O–H groups in total. The zero-order valence-corrected chi connectivity index (χ0v) is 17.1. The summed E-state index contributed by atoms with van der Waals surface area (Å²) in [5.74, 6) is 0.906. The van der Waals surface area contributed by atoms with Crippen LogP contribution in [-0.2, 0) is 24.0 Å². The molecule has 3 heterocycles. The van der Waals surface area contributed by atoms with Crippen LogP contribution in [0, 0.1) is 0 Å². The van der Waals surface area contributed by atoms with E-state index in [1.54, 1.807) is 30.2 Å². The number of thiophene rings is 1. The van der Waals surface area contributed by atoms with E-state index < -0.39 is 0 Å². The molecule has 0 fully saturated rings. The second-order valence-electron chi connectivity index (χ2n) is 6.56. The SMILES string of the molecule is CCCc1nc2sc3c(NCCOC)nc(SC)nc3c2c2c1CCC2. The summed E-state index contributed by atoms with van der Waals surface area (Å²) in [5.41, 5.74) is 5.33.